The van der Waals surface area contributed by atoms with Crippen molar-refractivity contribution < 1.29 is 5.21 Å². The molecular formula is C14H14N4O. The van der Waals surface area contributed by atoms with Crippen molar-refractivity contribution in [2.75, 3.05) is 17.8 Å². The molecule has 0 fully saturated rings. The van der Waals surface area contributed by atoms with Crippen molar-refractivity contribution in [1.29, 1.82) is 0 Å². The van der Waals surface area contributed by atoms with Gasteiger partial charge in [-0.25, -0.2) is 10.0 Å². The van der Waals surface area contributed by atoms with Crippen LogP contribution in [0.5, 0.6) is 0 Å². The van der Waals surface area contributed by atoms with Crippen LogP contribution in [0.15, 0.2) is 29.4 Å². The number of benzene rings is 1. The van der Waals surface area contributed by atoms with Crippen LogP contribution in [0.2, 0.25) is 0 Å². The van der Waals surface area contributed by atoms with Gasteiger partial charge >= 0.3 is 0 Å². The summed E-state index contributed by atoms with van der Waals surface area (Å²) in [5.41, 5.74) is 11.4. The highest BCUT2D eigenvalue weighted by Gasteiger charge is 2.30. The van der Waals surface area contributed by atoms with E-state index < -0.39 is 0 Å². The molecule has 0 saturated carbocycles. The van der Waals surface area contributed by atoms with E-state index in [1.54, 1.807) is 19.5 Å². The van der Waals surface area contributed by atoms with Gasteiger partial charge in [-0.3, -0.25) is 10.2 Å². The van der Waals surface area contributed by atoms with Gasteiger partial charge in [0.1, 0.15) is 5.69 Å². The molecule has 96 valence electrons. The van der Waals surface area contributed by atoms with Gasteiger partial charge < -0.3 is 5.73 Å². The Hall–Kier alpha value is -2.40. The standard InChI is InChI=1S/C14H14N4O/c1-8-3-9(4-11(6-16-2)13(8)15)10-5-12-14(17-7-10)18(12)19/h3-7,19H,15H2,1-2H3. The number of nitrogens with two attached hydrogens (primary N) is 1. The fourth-order valence-corrected chi connectivity index (χ4v) is 2.12. The van der Waals surface area contributed by atoms with Crippen molar-refractivity contribution in [3.05, 3.63) is 35.5 Å². The summed E-state index contributed by atoms with van der Waals surface area (Å²) in [5.74, 6) is 0.617. The molecule has 0 saturated heterocycles. The number of rotatable bonds is 2. The Labute approximate surface area is 111 Å². The van der Waals surface area contributed by atoms with Gasteiger partial charge in [-0.1, -0.05) is 0 Å². The Bertz CT molecular complexity index is 694. The van der Waals surface area contributed by atoms with Gasteiger partial charge in [0.15, 0.2) is 5.82 Å². The van der Waals surface area contributed by atoms with Crippen molar-refractivity contribution >= 4 is 23.4 Å². The van der Waals surface area contributed by atoms with Crippen LogP contribution in [0.25, 0.3) is 11.1 Å². The summed E-state index contributed by atoms with van der Waals surface area (Å²) in [7, 11) is 1.72. The zero-order valence-corrected chi connectivity index (χ0v) is 10.8. The third-order valence-corrected chi connectivity index (χ3v) is 3.25. The second kappa shape index (κ2) is 4.07. The van der Waals surface area contributed by atoms with Crippen LogP contribution in [-0.4, -0.2) is 23.5 Å². The number of fused-ring (bicyclic) bond motifs is 1. The number of nitrogens with zero attached hydrogens (tertiary/aromatic N) is 3. The molecule has 19 heavy (non-hydrogen) atoms. The van der Waals surface area contributed by atoms with E-state index in [1.807, 2.05) is 25.1 Å². The summed E-state index contributed by atoms with van der Waals surface area (Å²) in [4.78, 5) is 8.18. The van der Waals surface area contributed by atoms with E-state index in [-0.39, 0.29) is 0 Å². The fraction of sp³-hybridized carbons (Fsp3) is 0.143. The average molecular weight is 254 g/mol. The highest BCUT2D eigenvalue weighted by Crippen LogP contribution is 2.45. The monoisotopic (exact) mass is 254 g/mol. The Morgan fingerprint density at radius 3 is 2.79 bits per heavy atom. The SMILES string of the molecule is CN=Cc1cc(-c2cnc3c(c2)N3O)cc(C)c1N. The predicted octanol–water partition coefficient (Wildman–Crippen LogP) is 2.53. The molecule has 0 atom stereocenters. The fourth-order valence-electron chi connectivity index (χ4n) is 2.12. The lowest BCUT2D eigenvalue weighted by Gasteiger charge is -2.08. The van der Waals surface area contributed by atoms with Gasteiger partial charge in [0.25, 0.3) is 0 Å². The molecule has 3 rings (SSSR count). The highest BCUT2D eigenvalue weighted by atomic mass is 16.5. The van der Waals surface area contributed by atoms with Gasteiger partial charge in [-0.05, 0) is 36.2 Å². The largest absolute Gasteiger partial charge is 0.398 e. The zero-order valence-electron chi connectivity index (χ0n) is 10.8. The summed E-state index contributed by atoms with van der Waals surface area (Å²) < 4.78 is 0. The number of aryl methyl sites for hydroxylation is 1. The van der Waals surface area contributed by atoms with E-state index >= 15 is 0 Å². The van der Waals surface area contributed by atoms with E-state index in [9.17, 15) is 5.21 Å². The van der Waals surface area contributed by atoms with Crippen LogP contribution in [0.3, 0.4) is 0 Å². The van der Waals surface area contributed by atoms with Crippen LogP contribution in [0.4, 0.5) is 17.2 Å². The average Bonchev–Trinajstić information content (AvgIpc) is 3.05. The molecule has 1 aromatic carbocycles. The molecular weight excluding hydrogens is 240 g/mol. The van der Waals surface area contributed by atoms with Crippen molar-refractivity contribution in [1.82, 2.24) is 4.98 Å². The van der Waals surface area contributed by atoms with Crippen molar-refractivity contribution in [2.45, 2.75) is 6.92 Å². The van der Waals surface area contributed by atoms with Crippen molar-refractivity contribution in [3.8, 4) is 11.1 Å². The van der Waals surface area contributed by atoms with Crippen LogP contribution in [-0.2, 0) is 0 Å². The number of anilines is 3. The van der Waals surface area contributed by atoms with Crippen molar-refractivity contribution in [3.63, 3.8) is 0 Å². The second-order valence-corrected chi connectivity index (χ2v) is 4.56. The van der Waals surface area contributed by atoms with Gasteiger partial charge in [-0.2, -0.15) is 0 Å². The van der Waals surface area contributed by atoms with Crippen LogP contribution < -0.4 is 10.8 Å². The molecule has 2 aromatic rings. The molecule has 1 aromatic heterocycles. The van der Waals surface area contributed by atoms with E-state index in [1.165, 1.54) is 0 Å². The maximum absolute atomic E-state index is 9.39. The third-order valence-electron chi connectivity index (χ3n) is 3.25. The number of aliphatic imine (C=N–C) groups is 1. The first kappa shape index (κ1) is 11.7. The molecule has 0 amide bonds. The lowest BCUT2D eigenvalue weighted by molar-refractivity contribution is 0.329. The molecule has 5 nitrogen and oxygen atoms in total. The van der Waals surface area contributed by atoms with Crippen molar-refractivity contribution in [2.24, 2.45) is 4.99 Å². The third kappa shape index (κ3) is 1.84. The topological polar surface area (TPSA) is 74.5 Å². The van der Waals surface area contributed by atoms with E-state index in [4.69, 9.17) is 5.73 Å². The Morgan fingerprint density at radius 2 is 2.11 bits per heavy atom. The quantitative estimate of drug-likeness (QED) is 0.490. The number of pyridine rings is 1. The Balaban J connectivity index is 2.10. The van der Waals surface area contributed by atoms with Gasteiger partial charge in [0.05, 0.1) is 0 Å². The molecule has 1 aliphatic rings. The first-order chi connectivity index (χ1) is 9.11. The maximum Gasteiger partial charge on any atom is 0.184 e. The summed E-state index contributed by atoms with van der Waals surface area (Å²) in [5, 5.41) is 10.5. The molecule has 2 heterocycles. The van der Waals surface area contributed by atoms with E-state index in [2.05, 4.69) is 9.98 Å². The number of nitrogen functional groups attached to an aromatic ring is 1. The first-order valence-corrected chi connectivity index (χ1v) is 5.93. The maximum atomic E-state index is 9.39. The van der Waals surface area contributed by atoms with Crippen LogP contribution >= 0.6 is 0 Å². The smallest absolute Gasteiger partial charge is 0.184 e. The molecule has 3 N–H and O–H groups in total. The molecule has 0 aliphatic carbocycles. The minimum atomic E-state index is 0.617. The Morgan fingerprint density at radius 1 is 1.32 bits per heavy atom. The molecule has 0 unspecified atom stereocenters. The molecule has 1 aliphatic heterocycles. The lowest BCUT2D eigenvalue weighted by Crippen LogP contribution is -1.97. The zero-order chi connectivity index (χ0) is 13.6. The van der Waals surface area contributed by atoms with Gasteiger partial charge in [0.2, 0.25) is 0 Å². The van der Waals surface area contributed by atoms with Crippen LogP contribution in [0, 0.1) is 6.92 Å². The molecule has 5 heteroatoms. The Kier molecular flexibility index (Phi) is 2.50. The highest BCUT2D eigenvalue weighted by molar-refractivity contribution is 5.93. The first-order valence-electron chi connectivity index (χ1n) is 5.93. The van der Waals surface area contributed by atoms with Crippen LogP contribution in [0.1, 0.15) is 11.1 Å². The predicted molar refractivity (Wildman–Crippen MR) is 76.3 cm³/mol. The lowest BCUT2D eigenvalue weighted by atomic mass is 10.00. The van der Waals surface area contributed by atoms with E-state index in [0.717, 1.165) is 38.7 Å². The number of hydrogen-bond donors (Lipinski definition) is 2. The molecule has 0 spiro atoms. The summed E-state index contributed by atoms with van der Waals surface area (Å²) in [6.45, 7) is 1.96. The molecule has 0 radical (unpaired) electrons. The van der Waals surface area contributed by atoms with E-state index in [0.29, 0.717) is 5.82 Å². The summed E-state index contributed by atoms with van der Waals surface area (Å²) in [6, 6.07) is 5.89. The van der Waals surface area contributed by atoms with Gasteiger partial charge in [0, 0.05) is 36.3 Å². The number of aromatic nitrogens is 1. The summed E-state index contributed by atoms with van der Waals surface area (Å²) in [6.07, 6.45) is 3.49. The second-order valence-electron chi connectivity index (χ2n) is 4.56. The van der Waals surface area contributed by atoms with Gasteiger partial charge in [-0.15, -0.1) is 0 Å². The minimum absolute atomic E-state index is 0.617. The number of hydrogen-bond acceptors (Lipinski definition) is 5. The minimum Gasteiger partial charge on any atom is -0.398 e. The molecule has 0 bridgehead atoms. The normalized spacial score (nSPS) is 12.9. The summed E-state index contributed by atoms with van der Waals surface area (Å²) >= 11 is 0.